The molecule has 1 heterocycles. The fourth-order valence-corrected chi connectivity index (χ4v) is 4.06. The summed E-state index contributed by atoms with van der Waals surface area (Å²) in [6, 6.07) is 14.4. The summed E-state index contributed by atoms with van der Waals surface area (Å²) in [5.41, 5.74) is 1.16. The van der Waals surface area contributed by atoms with E-state index in [1.807, 2.05) is 24.3 Å². The van der Waals surface area contributed by atoms with Crippen LogP contribution in [0.1, 0.15) is 13.8 Å². The van der Waals surface area contributed by atoms with Crippen molar-refractivity contribution in [2.45, 2.75) is 18.7 Å². The third-order valence-electron chi connectivity index (χ3n) is 3.95. The van der Waals surface area contributed by atoms with Crippen molar-refractivity contribution in [3.8, 4) is 6.07 Å². The van der Waals surface area contributed by atoms with Crippen LogP contribution in [0.4, 0.5) is 5.69 Å². The summed E-state index contributed by atoms with van der Waals surface area (Å²) in [5.74, 6) is -0.587. The molecule has 3 rings (SSSR count). The number of fused-ring (bicyclic) bond motifs is 3. The van der Waals surface area contributed by atoms with E-state index < -0.39 is 5.97 Å². The van der Waals surface area contributed by atoms with Gasteiger partial charge in [0.25, 0.3) is 0 Å². The molecule has 0 atom stereocenters. The van der Waals surface area contributed by atoms with Crippen LogP contribution >= 0.6 is 11.8 Å². The number of hydrogen-bond acceptors (Lipinski definition) is 5. The van der Waals surface area contributed by atoms with Gasteiger partial charge in [-0.3, -0.25) is 0 Å². The van der Waals surface area contributed by atoms with Gasteiger partial charge in [-0.05, 0) is 42.8 Å². The van der Waals surface area contributed by atoms with E-state index in [-0.39, 0.29) is 12.2 Å². The van der Waals surface area contributed by atoms with Gasteiger partial charge >= 0.3 is 5.97 Å². The fraction of sp³-hybridized carbons (Fsp3) is 0.200. The average molecular weight is 350 g/mol. The summed E-state index contributed by atoms with van der Waals surface area (Å²) in [6.45, 7) is 4.86. The highest BCUT2D eigenvalue weighted by Gasteiger charge is 2.25. The topological polar surface area (TPSA) is 53.3 Å². The maximum absolute atomic E-state index is 11.8. The van der Waals surface area contributed by atoms with Gasteiger partial charge < -0.3 is 9.64 Å². The number of thioether (sulfide) groups is 1. The second-order valence-electron chi connectivity index (χ2n) is 5.40. The molecule has 0 fully saturated rings. The molecule has 25 heavy (non-hydrogen) atoms. The Kier molecular flexibility index (Phi) is 5.11. The molecule has 1 aliphatic heterocycles. The van der Waals surface area contributed by atoms with E-state index in [1.54, 1.807) is 18.7 Å². The van der Waals surface area contributed by atoms with Crippen LogP contribution in [0.5, 0.6) is 0 Å². The zero-order valence-corrected chi connectivity index (χ0v) is 15.0. The highest BCUT2D eigenvalue weighted by molar-refractivity contribution is 8.04. The molecule has 0 radical (unpaired) electrons. The number of benzene rings is 2. The van der Waals surface area contributed by atoms with E-state index >= 15 is 0 Å². The number of carbonyl (C=O) groups excluding carboxylic acids is 1. The van der Waals surface area contributed by atoms with Gasteiger partial charge in [0.1, 0.15) is 11.6 Å². The van der Waals surface area contributed by atoms with Crippen molar-refractivity contribution < 1.29 is 9.53 Å². The zero-order valence-electron chi connectivity index (χ0n) is 14.2. The Balaban J connectivity index is 2.00. The van der Waals surface area contributed by atoms with Crippen LogP contribution in [-0.2, 0) is 9.53 Å². The molecule has 0 saturated carbocycles. The molecule has 0 aliphatic carbocycles. The smallest absolute Gasteiger partial charge is 0.348 e. The summed E-state index contributed by atoms with van der Waals surface area (Å²) in [7, 11) is 0. The van der Waals surface area contributed by atoms with Crippen molar-refractivity contribution in [1.82, 2.24) is 0 Å². The van der Waals surface area contributed by atoms with Crippen molar-refractivity contribution >= 4 is 34.2 Å². The van der Waals surface area contributed by atoms with Gasteiger partial charge in [-0.15, -0.1) is 0 Å². The second-order valence-corrected chi connectivity index (χ2v) is 6.43. The molecule has 0 aromatic heterocycles. The first-order chi connectivity index (χ1) is 12.2. The summed E-state index contributed by atoms with van der Waals surface area (Å²) in [6.07, 6.45) is 3.36. The van der Waals surface area contributed by atoms with Gasteiger partial charge in [-0.1, -0.05) is 42.1 Å². The molecular weight excluding hydrogens is 332 g/mol. The predicted octanol–water partition coefficient (Wildman–Crippen LogP) is 4.63. The minimum absolute atomic E-state index is 0.00631. The molecule has 0 unspecified atom stereocenters. The zero-order chi connectivity index (χ0) is 17.8. The number of allylic oxidation sites excluding steroid dienone is 2. The van der Waals surface area contributed by atoms with E-state index in [2.05, 4.69) is 36.1 Å². The Morgan fingerprint density at radius 1 is 1.28 bits per heavy atom. The first kappa shape index (κ1) is 17.1. The van der Waals surface area contributed by atoms with Crippen molar-refractivity contribution in [3.05, 3.63) is 59.2 Å². The van der Waals surface area contributed by atoms with Crippen LogP contribution in [0, 0.1) is 11.3 Å². The van der Waals surface area contributed by atoms with Crippen molar-refractivity contribution in [1.29, 1.82) is 5.26 Å². The van der Waals surface area contributed by atoms with E-state index in [0.717, 1.165) is 17.3 Å². The van der Waals surface area contributed by atoms with Crippen molar-refractivity contribution in [2.75, 3.05) is 18.1 Å². The molecule has 2 aromatic carbocycles. The van der Waals surface area contributed by atoms with Crippen LogP contribution in [0.2, 0.25) is 0 Å². The Labute approximate surface area is 151 Å². The van der Waals surface area contributed by atoms with E-state index in [0.29, 0.717) is 0 Å². The highest BCUT2D eigenvalue weighted by atomic mass is 32.2. The largest absolute Gasteiger partial charge is 0.462 e. The quantitative estimate of drug-likeness (QED) is 0.457. The average Bonchev–Trinajstić information content (AvgIpc) is 3.00. The van der Waals surface area contributed by atoms with Gasteiger partial charge in [0.05, 0.1) is 17.3 Å². The Bertz CT molecular complexity index is 925. The first-order valence-corrected chi connectivity index (χ1v) is 8.97. The van der Waals surface area contributed by atoms with Crippen molar-refractivity contribution in [2.24, 2.45) is 0 Å². The number of carbonyl (C=O) groups is 1. The number of anilines is 1. The third-order valence-corrected chi connectivity index (χ3v) is 5.15. The van der Waals surface area contributed by atoms with Crippen LogP contribution in [0.3, 0.4) is 0 Å². The van der Waals surface area contributed by atoms with Crippen LogP contribution in [0.25, 0.3) is 10.8 Å². The Morgan fingerprint density at radius 3 is 2.80 bits per heavy atom. The fourth-order valence-electron chi connectivity index (χ4n) is 2.79. The second kappa shape index (κ2) is 7.45. The molecule has 0 spiro atoms. The minimum atomic E-state index is -0.587. The van der Waals surface area contributed by atoms with E-state index in [9.17, 15) is 4.79 Å². The lowest BCUT2D eigenvalue weighted by Gasteiger charge is -2.17. The molecule has 0 saturated heterocycles. The van der Waals surface area contributed by atoms with Crippen LogP contribution < -0.4 is 4.90 Å². The molecule has 126 valence electrons. The normalized spacial score (nSPS) is 15.3. The molecule has 0 N–H and O–H groups in total. The minimum Gasteiger partial charge on any atom is -0.462 e. The van der Waals surface area contributed by atoms with Crippen LogP contribution in [-0.4, -0.2) is 19.1 Å². The molecule has 5 heteroatoms. The molecule has 1 aliphatic rings. The summed E-state index contributed by atoms with van der Waals surface area (Å²) >= 11 is 1.66. The summed E-state index contributed by atoms with van der Waals surface area (Å²) in [4.78, 5) is 15.1. The highest BCUT2D eigenvalue weighted by Crippen LogP contribution is 2.49. The maximum Gasteiger partial charge on any atom is 0.348 e. The van der Waals surface area contributed by atoms with Crippen molar-refractivity contribution in [3.63, 3.8) is 0 Å². The number of rotatable bonds is 4. The van der Waals surface area contributed by atoms with Gasteiger partial charge in [0.2, 0.25) is 0 Å². The monoisotopic (exact) mass is 350 g/mol. The molecule has 4 nitrogen and oxygen atoms in total. The molecule has 2 aromatic rings. The molecule has 0 bridgehead atoms. The lowest BCUT2D eigenvalue weighted by atomic mass is 10.1. The molecular formula is C20H18N2O2S. The third kappa shape index (κ3) is 3.26. The number of esters is 1. The summed E-state index contributed by atoms with van der Waals surface area (Å²) in [5, 5.41) is 12.6. The van der Waals surface area contributed by atoms with Gasteiger partial charge in [-0.25, -0.2) is 4.79 Å². The lowest BCUT2D eigenvalue weighted by molar-refractivity contribution is -0.138. The first-order valence-electron chi connectivity index (χ1n) is 8.16. The Morgan fingerprint density at radius 2 is 2.08 bits per heavy atom. The number of hydrogen-bond donors (Lipinski definition) is 0. The standard InChI is InChI=1S/C20H18N2O2S/c1-3-22-17-11-9-14-7-5-6-8-16(14)19(17)25-18(22)12-10-15(13-21)20(23)24-4-2/h5-12H,3-4H2,1-2H3/b15-10+,18-12-. The number of nitrogens with zero attached hydrogens (tertiary/aromatic N) is 2. The summed E-state index contributed by atoms with van der Waals surface area (Å²) < 4.78 is 4.90. The van der Waals surface area contributed by atoms with Crippen LogP contribution in [0.15, 0.2) is 64.0 Å². The Hall–Kier alpha value is -2.71. The van der Waals surface area contributed by atoms with E-state index in [4.69, 9.17) is 10.00 Å². The predicted molar refractivity (Wildman–Crippen MR) is 101 cm³/mol. The van der Waals surface area contributed by atoms with Gasteiger partial charge in [0.15, 0.2) is 0 Å². The molecule has 0 amide bonds. The maximum atomic E-state index is 11.8. The SMILES string of the molecule is CCOC(=O)/C(C#N)=C/C=C1\Sc2c(ccc3ccccc23)N1CC. The van der Waals surface area contributed by atoms with Gasteiger partial charge in [0, 0.05) is 11.4 Å². The lowest BCUT2D eigenvalue weighted by Crippen LogP contribution is -2.16. The van der Waals surface area contributed by atoms with Gasteiger partial charge in [-0.2, -0.15) is 5.26 Å². The van der Waals surface area contributed by atoms with E-state index in [1.165, 1.54) is 21.7 Å². The number of nitriles is 1. The number of ether oxygens (including phenoxy) is 1.